The topological polar surface area (TPSA) is 59.9 Å². The number of guanidine groups is 1. The lowest BCUT2D eigenvalue weighted by Gasteiger charge is -2.32. The molecule has 1 heterocycles. The van der Waals surface area contributed by atoms with Crippen LogP contribution < -0.4 is 15.5 Å². The predicted octanol–water partition coefficient (Wildman–Crippen LogP) is 4.26. The number of halogens is 2. The summed E-state index contributed by atoms with van der Waals surface area (Å²) in [6, 6.07) is 13.6. The van der Waals surface area contributed by atoms with Crippen molar-refractivity contribution in [3.05, 3.63) is 65.0 Å². The second-order valence-corrected chi connectivity index (χ2v) is 8.22. The first-order valence-corrected chi connectivity index (χ1v) is 11.3. The van der Waals surface area contributed by atoms with Gasteiger partial charge in [0.2, 0.25) is 0 Å². The molecule has 0 radical (unpaired) electrons. The summed E-state index contributed by atoms with van der Waals surface area (Å²) in [4.78, 5) is 7.10. The Bertz CT molecular complexity index is 852. The molecule has 3 rings (SSSR count). The molecule has 0 aliphatic carbocycles. The third-order valence-corrected chi connectivity index (χ3v) is 5.93. The Hall–Kier alpha value is -1.87. The van der Waals surface area contributed by atoms with Crippen molar-refractivity contribution in [1.82, 2.24) is 10.6 Å². The van der Waals surface area contributed by atoms with Crippen LogP contribution in [-0.4, -0.2) is 43.9 Å². The fraction of sp³-hybridized carbons (Fsp3) is 0.480. The highest BCUT2D eigenvalue weighted by atomic mass is 127. The number of benzene rings is 2. The molecule has 1 fully saturated rings. The van der Waals surface area contributed by atoms with Crippen molar-refractivity contribution in [1.29, 1.82) is 0 Å². The van der Waals surface area contributed by atoms with Crippen molar-refractivity contribution < 1.29 is 9.50 Å². The minimum Gasteiger partial charge on any atom is -0.396 e. The van der Waals surface area contributed by atoms with E-state index in [0.29, 0.717) is 19.1 Å². The number of piperidine rings is 1. The van der Waals surface area contributed by atoms with Gasteiger partial charge < -0.3 is 20.6 Å². The van der Waals surface area contributed by atoms with Crippen molar-refractivity contribution in [3.8, 4) is 0 Å². The smallest absolute Gasteiger partial charge is 0.191 e. The molecule has 32 heavy (non-hydrogen) atoms. The average molecular weight is 554 g/mol. The quantitative estimate of drug-likeness (QED) is 0.260. The number of anilines is 1. The van der Waals surface area contributed by atoms with Crippen molar-refractivity contribution in [2.24, 2.45) is 10.9 Å². The van der Waals surface area contributed by atoms with Crippen LogP contribution >= 0.6 is 24.0 Å². The predicted molar refractivity (Wildman–Crippen MR) is 142 cm³/mol. The van der Waals surface area contributed by atoms with Crippen LogP contribution in [0.15, 0.2) is 47.5 Å². The standard InChI is InChI=1S/C25H35FN4O.HI/c1-3-27-25(28-13-10-22-6-7-23(26)16-19(22)2)29-17-20-4-8-24(9-5-20)30-14-11-21(18-31)12-15-30;/h4-9,16,21,31H,3,10-15,17-18H2,1-2H3,(H2,27,28,29);1H. The largest absolute Gasteiger partial charge is 0.396 e. The Morgan fingerprint density at radius 1 is 1.12 bits per heavy atom. The zero-order chi connectivity index (χ0) is 22.1. The highest BCUT2D eigenvalue weighted by Crippen LogP contribution is 2.23. The highest BCUT2D eigenvalue weighted by Gasteiger charge is 2.18. The number of aliphatic hydroxyl groups is 1. The van der Waals surface area contributed by atoms with Crippen LogP contribution in [0.25, 0.3) is 0 Å². The fourth-order valence-electron chi connectivity index (χ4n) is 3.95. The first-order valence-electron chi connectivity index (χ1n) is 11.3. The second-order valence-electron chi connectivity index (χ2n) is 8.22. The van der Waals surface area contributed by atoms with Crippen LogP contribution in [0, 0.1) is 18.7 Å². The third-order valence-electron chi connectivity index (χ3n) is 5.93. The van der Waals surface area contributed by atoms with E-state index in [9.17, 15) is 9.50 Å². The molecule has 2 aromatic carbocycles. The molecular weight excluding hydrogens is 518 g/mol. The lowest BCUT2D eigenvalue weighted by molar-refractivity contribution is 0.203. The van der Waals surface area contributed by atoms with E-state index in [1.165, 1.54) is 17.3 Å². The SMILES string of the molecule is CCNC(=NCc1ccc(N2CCC(CO)CC2)cc1)NCCc1ccc(F)cc1C.I. The molecule has 5 nitrogen and oxygen atoms in total. The zero-order valence-corrected chi connectivity index (χ0v) is 21.4. The number of aryl methyl sites for hydroxylation is 1. The molecular formula is C25H36FIN4O. The van der Waals surface area contributed by atoms with E-state index >= 15 is 0 Å². The number of rotatable bonds is 8. The van der Waals surface area contributed by atoms with Gasteiger partial charge in [-0.1, -0.05) is 18.2 Å². The lowest BCUT2D eigenvalue weighted by atomic mass is 9.97. The molecule has 0 atom stereocenters. The lowest BCUT2D eigenvalue weighted by Crippen LogP contribution is -2.38. The van der Waals surface area contributed by atoms with E-state index in [4.69, 9.17) is 4.99 Å². The highest BCUT2D eigenvalue weighted by molar-refractivity contribution is 14.0. The van der Waals surface area contributed by atoms with E-state index in [-0.39, 0.29) is 29.8 Å². The normalized spacial score (nSPS) is 14.8. The second kappa shape index (κ2) is 13.6. The van der Waals surface area contributed by atoms with Gasteiger partial charge in [0.25, 0.3) is 0 Å². The maximum absolute atomic E-state index is 13.3. The fourth-order valence-corrected chi connectivity index (χ4v) is 3.95. The van der Waals surface area contributed by atoms with Crippen molar-refractivity contribution in [2.45, 2.75) is 39.7 Å². The Labute approximate surface area is 208 Å². The number of aliphatic hydroxyl groups excluding tert-OH is 1. The summed E-state index contributed by atoms with van der Waals surface area (Å²) >= 11 is 0. The van der Waals surface area contributed by atoms with Gasteiger partial charge in [0.15, 0.2) is 5.96 Å². The molecule has 176 valence electrons. The summed E-state index contributed by atoms with van der Waals surface area (Å²) in [7, 11) is 0. The summed E-state index contributed by atoms with van der Waals surface area (Å²) in [5.74, 6) is 1.05. The monoisotopic (exact) mass is 554 g/mol. The van der Waals surface area contributed by atoms with Gasteiger partial charge in [-0.3, -0.25) is 0 Å². The van der Waals surface area contributed by atoms with Crippen LogP contribution in [0.1, 0.15) is 36.5 Å². The molecule has 0 spiro atoms. The molecule has 3 N–H and O–H groups in total. The number of hydrogen-bond acceptors (Lipinski definition) is 3. The molecule has 1 saturated heterocycles. The Morgan fingerprint density at radius 2 is 1.84 bits per heavy atom. The molecule has 0 unspecified atom stereocenters. The van der Waals surface area contributed by atoms with E-state index in [0.717, 1.165) is 62.5 Å². The van der Waals surface area contributed by atoms with Crippen molar-refractivity contribution in [3.63, 3.8) is 0 Å². The maximum Gasteiger partial charge on any atom is 0.191 e. The molecule has 0 amide bonds. The minimum atomic E-state index is -0.190. The summed E-state index contributed by atoms with van der Waals surface area (Å²) in [6.45, 7) is 8.45. The summed E-state index contributed by atoms with van der Waals surface area (Å²) in [6.07, 6.45) is 2.92. The van der Waals surface area contributed by atoms with Crippen LogP contribution in [0.5, 0.6) is 0 Å². The van der Waals surface area contributed by atoms with Crippen LogP contribution in [0.4, 0.5) is 10.1 Å². The van der Waals surface area contributed by atoms with Crippen molar-refractivity contribution in [2.75, 3.05) is 37.7 Å². The van der Waals surface area contributed by atoms with E-state index in [1.807, 2.05) is 13.0 Å². The maximum atomic E-state index is 13.3. The summed E-state index contributed by atoms with van der Waals surface area (Å²) < 4.78 is 13.3. The molecule has 1 aliphatic heterocycles. The van der Waals surface area contributed by atoms with E-state index in [2.05, 4.69) is 46.7 Å². The third kappa shape index (κ3) is 7.92. The molecule has 0 aromatic heterocycles. The van der Waals surface area contributed by atoms with Gasteiger partial charge in [-0.2, -0.15) is 0 Å². The van der Waals surface area contributed by atoms with Crippen LogP contribution in [0.2, 0.25) is 0 Å². The molecule has 1 aliphatic rings. The van der Waals surface area contributed by atoms with Gasteiger partial charge in [-0.25, -0.2) is 9.38 Å². The molecule has 0 bridgehead atoms. The summed E-state index contributed by atoms with van der Waals surface area (Å²) in [5, 5.41) is 16.0. The van der Waals surface area contributed by atoms with Gasteiger partial charge in [0.1, 0.15) is 5.82 Å². The zero-order valence-electron chi connectivity index (χ0n) is 19.1. The van der Waals surface area contributed by atoms with Gasteiger partial charge in [-0.05, 0) is 80.0 Å². The van der Waals surface area contributed by atoms with Crippen LogP contribution in [0.3, 0.4) is 0 Å². The van der Waals surface area contributed by atoms with Gasteiger partial charge in [-0.15, -0.1) is 24.0 Å². The van der Waals surface area contributed by atoms with Crippen LogP contribution in [-0.2, 0) is 13.0 Å². The number of nitrogens with one attached hydrogen (secondary N) is 2. The molecule has 0 saturated carbocycles. The number of aliphatic imine (C=N–C) groups is 1. The Morgan fingerprint density at radius 3 is 2.47 bits per heavy atom. The molecule has 7 heteroatoms. The van der Waals surface area contributed by atoms with E-state index in [1.54, 1.807) is 6.07 Å². The molecule has 2 aromatic rings. The Balaban J connectivity index is 0.00000363. The number of hydrogen-bond donors (Lipinski definition) is 3. The minimum absolute atomic E-state index is 0. The van der Waals surface area contributed by atoms with Gasteiger partial charge in [0, 0.05) is 38.5 Å². The number of nitrogens with zero attached hydrogens (tertiary/aromatic N) is 2. The first-order chi connectivity index (χ1) is 15.1. The first kappa shape index (κ1) is 26.4. The van der Waals surface area contributed by atoms with Gasteiger partial charge in [0.05, 0.1) is 6.54 Å². The van der Waals surface area contributed by atoms with Crippen molar-refractivity contribution >= 4 is 35.6 Å². The Kier molecular flexibility index (Phi) is 11.2. The summed E-state index contributed by atoms with van der Waals surface area (Å²) in [5.41, 5.74) is 4.53. The van der Waals surface area contributed by atoms with Gasteiger partial charge >= 0.3 is 0 Å². The average Bonchev–Trinajstić information content (AvgIpc) is 2.79. The van der Waals surface area contributed by atoms with E-state index < -0.39 is 0 Å².